The lowest BCUT2D eigenvalue weighted by atomic mass is 9.93. The number of carbonyl (C=O) groups is 3. The monoisotopic (exact) mass is 351 g/mol. The normalized spacial score (nSPS) is 26.2. The predicted octanol–water partition coefficient (Wildman–Crippen LogP) is 1.08. The Morgan fingerprint density at radius 1 is 1.46 bits per heavy atom. The molecule has 1 aromatic rings. The highest BCUT2D eigenvalue weighted by atomic mass is 35.5. The first-order valence-corrected chi connectivity index (χ1v) is 8.05. The summed E-state index contributed by atoms with van der Waals surface area (Å²) in [7, 11) is 1.69. The van der Waals surface area contributed by atoms with Crippen molar-refractivity contribution in [2.75, 3.05) is 20.2 Å². The molecule has 0 bridgehead atoms. The van der Waals surface area contributed by atoms with Crippen molar-refractivity contribution in [1.82, 2.24) is 15.5 Å². The van der Waals surface area contributed by atoms with Gasteiger partial charge in [0.05, 0.1) is 18.0 Å². The number of benzene rings is 1. The number of halogens is 1. The number of hydrogen-bond acceptors (Lipinski definition) is 4. The number of cyclic esters (lactones) is 1. The number of hydrogen-bond donors (Lipinski definition) is 2. The quantitative estimate of drug-likeness (QED) is 0.849. The van der Waals surface area contributed by atoms with Gasteiger partial charge in [-0.2, -0.15) is 0 Å². The summed E-state index contributed by atoms with van der Waals surface area (Å²) < 4.78 is 4.78. The zero-order valence-electron chi connectivity index (χ0n) is 13.1. The molecule has 1 aromatic carbocycles. The van der Waals surface area contributed by atoms with E-state index < -0.39 is 12.0 Å². The maximum atomic E-state index is 12.6. The van der Waals surface area contributed by atoms with Gasteiger partial charge in [-0.1, -0.05) is 23.7 Å². The molecule has 0 aliphatic carbocycles. The Kier molecular flexibility index (Phi) is 4.62. The summed E-state index contributed by atoms with van der Waals surface area (Å²) in [6, 6.07) is 6.57. The highest BCUT2D eigenvalue weighted by Crippen LogP contribution is 2.37. The molecular weight excluding hydrogens is 334 g/mol. The maximum Gasteiger partial charge on any atom is 0.407 e. The minimum absolute atomic E-state index is 0.0855. The van der Waals surface area contributed by atoms with Gasteiger partial charge in [0, 0.05) is 25.0 Å². The van der Waals surface area contributed by atoms with Gasteiger partial charge in [0.15, 0.2) is 0 Å². The average molecular weight is 352 g/mol. The molecule has 24 heavy (non-hydrogen) atoms. The summed E-state index contributed by atoms with van der Waals surface area (Å²) >= 11 is 6.04. The van der Waals surface area contributed by atoms with Gasteiger partial charge in [-0.15, -0.1) is 0 Å². The summed E-state index contributed by atoms with van der Waals surface area (Å²) in [5.74, 6) is -0.810. The van der Waals surface area contributed by atoms with Crippen molar-refractivity contribution in [2.45, 2.75) is 18.5 Å². The number of nitrogens with zero attached hydrogens (tertiary/aromatic N) is 1. The second-order valence-electron chi connectivity index (χ2n) is 6.00. The van der Waals surface area contributed by atoms with E-state index >= 15 is 0 Å². The first-order chi connectivity index (χ1) is 11.5. The Morgan fingerprint density at radius 2 is 2.25 bits per heavy atom. The Bertz CT molecular complexity index is 681. The average Bonchev–Trinajstić information content (AvgIpc) is 3.09. The standard InChI is InChI=1S/C16H18ClN3O4/c1-20-13(21)6-12(14(20)9-3-2-4-10(17)5-9)15(22)18-7-11-8-24-16(23)19-11/h2-5,11-12,14H,6-8H2,1H3,(H,18,22)(H,19,23)/t11-,12+,14+/m1/s1. The van der Waals surface area contributed by atoms with Crippen molar-refractivity contribution >= 4 is 29.5 Å². The van der Waals surface area contributed by atoms with Crippen LogP contribution in [0.5, 0.6) is 0 Å². The van der Waals surface area contributed by atoms with Crippen molar-refractivity contribution in [3.63, 3.8) is 0 Å². The molecule has 128 valence electrons. The molecule has 0 radical (unpaired) electrons. The lowest BCUT2D eigenvalue weighted by Gasteiger charge is -2.25. The first kappa shape index (κ1) is 16.6. The third-order valence-electron chi connectivity index (χ3n) is 4.37. The van der Waals surface area contributed by atoms with E-state index in [9.17, 15) is 14.4 Å². The van der Waals surface area contributed by atoms with Gasteiger partial charge < -0.3 is 20.3 Å². The van der Waals surface area contributed by atoms with Crippen LogP contribution in [0, 0.1) is 5.92 Å². The van der Waals surface area contributed by atoms with E-state index in [2.05, 4.69) is 10.6 Å². The minimum Gasteiger partial charge on any atom is -0.447 e. The van der Waals surface area contributed by atoms with Crippen LogP contribution in [0.15, 0.2) is 24.3 Å². The van der Waals surface area contributed by atoms with Crippen LogP contribution in [0.2, 0.25) is 5.02 Å². The van der Waals surface area contributed by atoms with Gasteiger partial charge in [0.1, 0.15) is 6.61 Å². The van der Waals surface area contributed by atoms with Gasteiger partial charge >= 0.3 is 6.09 Å². The van der Waals surface area contributed by atoms with Crippen molar-refractivity contribution < 1.29 is 19.1 Å². The fourth-order valence-corrected chi connectivity index (χ4v) is 3.34. The topological polar surface area (TPSA) is 87.7 Å². The van der Waals surface area contributed by atoms with Gasteiger partial charge in [0.25, 0.3) is 0 Å². The number of alkyl carbamates (subject to hydrolysis) is 1. The molecule has 2 fully saturated rings. The summed E-state index contributed by atoms with van der Waals surface area (Å²) in [4.78, 5) is 37.2. The van der Waals surface area contributed by atoms with Gasteiger partial charge in [-0.25, -0.2) is 4.79 Å². The first-order valence-electron chi connectivity index (χ1n) is 7.68. The second-order valence-corrected chi connectivity index (χ2v) is 6.44. The molecule has 3 rings (SSSR count). The summed E-state index contributed by atoms with van der Waals surface area (Å²) in [6.07, 6.45) is -0.339. The molecule has 3 amide bonds. The van der Waals surface area contributed by atoms with Crippen LogP contribution in [0.25, 0.3) is 0 Å². The smallest absolute Gasteiger partial charge is 0.407 e. The summed E-state index contributed by atoms with van der Waals surface area (Å²) in [5, 5.41) is 5.95. The molecule has 0 unspecified atom stereocenters. The Balaban J connectivity index is 1.71. The Labute approximate surface area is 144 Å². The second kappa shape index (κ2) is 6.68. The molecule has 2 heterocycles. The van der Waals surface area contributed by atoms with E-state index in [1.807, 2.05) is 6.07 Å². The molecule has 8 heteroatoms. The number of amides is 3. The zero-order valence-corrected chi connectivity index (χ0v) is 13.9. The van der Waals surface area contributed by atoms with E-state index in [-0.39, 0.29) is 43.5 Å². The van der Waals surface area contributed by atoms with Crippen molar-refractivity contribution in [3.8, 4) is 0 Å². The highest BCUT2D eigenvalue weighted by molar-refractivity contribution is 6.30. The van der Waals surface area contributed by atoms with E-state index in [1.165, 1.54) is 0 Å². The molecule has 0 aromatic heterocycles. The molecule has 7 nitrogen and oxygen atoms in total. The maximum absolute atomic E-state index is 12.6. The number of likely N-dealkylation sites (tertiary alicyclic amines) is 1. The summed E-state index contributed by atoms with van der Waals surface area (Å²) in [5.41, 5.74) is 0.827. The molecule has 2 saturated heterocycles. The van der Waals surface area contributed by atoms with Gasteiger partial charge in [-0.3, -0.25) is 9.59 Å². The van der Waals surface area contributed by atoms with Crippen LogP contribution < -0.4 is 10.6 Å². The van der Waals surface area contributed by atoms with Crippen LogP contribution in [0.3, 0.4) is 0 Å². The minimum atomic E-state index is -0.501. The van der Waals surface area contributed by atoms with Crippen LogP contribution >= 0.6 is 11.6 Å². The molecule has 0 spiro atoms. The Morgan fingerprint density at radius 3 is 2.92 bits per heavy atom. The highest BCUT2D eigenvalue weighted by Gasteiger charge is 2.42. The molecule has 0 saturated carbocycles. The van der Waals surface area contributed by atoms with Crippen LogP contribution in [-0.4, -0.2) is 49.0 Å². The van der Waals surface area contributed by atoms with Crippen LogP contribution in [0.1, 0.15) is 18.0 Å². The number of ether oxygens (including phenoxy) is 1. The molecule has 2 aliphatic heterocycles. The molecule has 3 atom stereocenters. The van der Waals surface area contributed by atoms with E-state index in [1.54, 1.807) is 30.1 Å². The van der Waals surface area contributed by atoms with E-state index in [4.69, 9.17) is 16.3 Å². The summed E-state index contributed by atoms with van der Waals surface area (Å²) in [6.45, 7) is 0.488. The van der Waals surface area contributed by atoms with Gasteiger partial charge in [0.2, 0.25) is 11.8 Å². The largest absolute Gasteiger partial charge is 0.447 e. The lowest BCUT2D eigenvalue weighted by Crippen LogP contribution is -2.42. The number of rotatable bonds is 4. The fraction of sp³-hybridized carbons (Fsp3) is 0.438. The van der Waals surface area contributed by atoms with Crippen molar-refractivity contribution in [3.05, 3.63) is 34.9 Å². The Hall–Kier alpha value is -2.28. The number of nitrogens with one attached hydrogen (secondary N) is 2. The predicted molar refractivity (Wildman–Crippen MR) is 86.4 cm³/mol. The zero-order chi connectivity index (χ0) is 17.3. The van der Waals surface area contributed by atoms with Crippen molar-refractivity contribution in [2.24, 2.45) is 5.92 Å². The SMILES string of the molecule is CN1C(=O)C[C@H](C(=O)NC[C@@H]2COC(=O)N2)[C@@H]1c1cccc(Cl)c1. The third-order valence-corrected chi connectivity index (χ3v) is 4.61. The van der Waals surface area contributed by atoms with Crippen molar-refractivity contribution in [1.29, 1.82) is 0 Å². The molecule has 2 aliphatic rings. The number of carbonyl (C=O) groups excluding carboxylic acids is 3. The van der Waals surface area contributed by atoms with Gasteiger partial charge in [-0.05, 0) is 17.7 Å². The van der Waals surface area contributed by atoms with Crippen LogP contribution in [-0.2, 0) is 14.3 Å². The third kappa shape index (κ3) is 3.31. The molecular formula is C16H18ClN3O4. The molecule has 2 N–H and O–H groups in total. The van der Waals surface area contributed by atoms with E-state index in [0.717, 1.165) is 5.56 Å². The van der Waals surface area contributed by atoms with Crippen LogP contribution in [0.4, 0.5) is 4.79 Å². The fourth-order valence-electron chi connectivity index (χ4n) is 3.14. The van der Waals surface area contributed by atoms with E-state index in [0.29, 0.717) is 5.02 Å². The lowest BCUT2D eigenvalue weighted by molar-refractivity contribution is -0.128.